The SMILES string of the molecule is CCCCCCCCCCCCN(CCCCCC(=O)OC)C(C)=O. The highest BCUT2D eigenvalue weighted by Gasteiger charge is 2.08. The number of nitrogens with zero attached hydrogens (tertiary/aromatic N) is 1. The van der Waals surface area contributed by atoms with E-state index in [1.165, 1.54) is 64.9 Å². The highest BCUT2D eigenvalue weighted by atomic mass is 16.5. The summed E-state index contributed by atoms with van der Waals surface area (Å²) in [5, 5.41) is 0. The minimum Gasteiger partial charge on any atom is -0.469 e. The largest absolute Gasteiger partial charge is 0.469 e. The lowest BCUT2D eigenvalue weighted by Gasteiger charge is -2.21. The smallest absolute Gasteiger partial charge is 0.305 e. The van der Waals surface area contributed by atoms with Gasteiger partial charge in [-0.2, -0.15) is 0 Å². The molecule has 0 saturated heterocycles. The first kappa shape index (κ1) is 23.9. The van der Waals surface area contributed by atoms with Gasteiger partial charge < -0.3 is 9.64 Å². The summed E-state index contributed by atoms with van der Waals surface area (Å²) in [5.41, 5.74) is 0. The number of carbonyl (C=O) groups excluding carboxylic acids is 2. The summed E-state index contributed by atoms with van der Waals surface area (Å²) in [6.45, 7) is 5.61. The van der Waals surface area contributed by atoms with Gasteiger partial charge >= 0.3 is 5.97 Å². The zero-order chi connectivity index (χ0) is 18.8. The molecule has 0 aliphatic rings. The normalized spacial score (nSPS) is 10.7. The fourth-order valence-electron chi connectivity index (χ4n) is 3.07. The van der Waals surface area contributed by atoms with E-state index in [1.807, 2.05) is 4.90 Å². The molecule has 0 aromatic rings. The Morgan fingerprint density at radius 2 is 1.16 bits per heavy atom. The van der Waals surface area contributed by atoms with Crippen LogP contribution in [0.5, 0.6) is 0 Å². The van der Waals surface area contributed by atoms with Gasteiger partial charge in [-0.1, -0.05) is 71.1 Å². The van der Waals surface area contributed by atoms with Crippen molar-refractivity contribution < 1.29 is 14.3 Å². The zero-order valence-corrected chi connectivity index (χ0v) is 17.0. The molecule has 4 nitrogen and oxygen atoms in total. The third-order valence-corrected chi connectivity index (χ3v) is 4.76. The summed E-state index contributed by atoms with van der Waals surface area (Å²) >= 11 is 0. The average molecular weight is 356 g/mol. The fraction of sp³-hybridized carbons (Fsp3) is 0.905. The molecule has 0 aliphatic heterocycles. The van der Waals surface area contributed by atoms with Crippen molar-refractivity contribution in [2.45, 2.75) is 104 Å². The van der Waals surface area contributed by atoms with E-state index in [9.17, 15) is 9.59 Å². The van der Waals surface area contributed by atoms with E-state index in [0.29, 0.717) is 6.42 Å². The van der Waals surface area contributed by atoms with Crippen LogP contribution in [0.4, 0.5) is 0 Å². The first-order valence-corrected chi connectivity index (χ1v) is 10.4. The number of ether oxygens (including phenoxy) is 1. The van der Waals surface area contributed by atoms with Crippen LogP contribution < -0.4 is 0 Å². The van der Waals surface area contributed by atoms with Gasteiger partial charge in [0.2, 0.25) is 5.91 Å². The minimum absolute atomic E-state index is 0.145. The van der Waals surface area contributed by atoms with Crippen LogP contribution in [0.1, 0.15) is 104 Å². The number of hydrogen-bond acceptors (Lipinski definition) is 3. The van der Waals surface area contributed by atoms with Crippen molar-refractivity contribution in [3.05, 3.63) is 0 Å². The molecule has 148 valence electrons. The molecule has 0 fully saturated rings. The van der Waals surface area contributed by atoms with E-state index in [4.69, 9.17) is 0 Å². The van der Waals surface area contributed by atoms with Crippen molar-refractivity contribution >= 4 is 11.9 Å². The Hall–Kier alpha value is -1.06. The first-order chi connectivity index (χ1) is 12.1. The Kier molecular flexibility index (Phi) is 17.0. The zero-order valence-electron chi connectivity index (χ0n) is 17.0. The second kappa shape index (κ2) is 17.8. The Morgan fingerprint density at radius 3 is 1.60 bits per heavy atom. The predicted molar refractivity (Wildman–Crippen MR) is 105 cm³/mol. The molecular weight excluding hydrogens is 314 g/mol. The number of hydrogen-bond donors (Lipinski definition) is 0. The summed E-state index contributed by atoms with van der Waals surface area (Å²) in [7, 11) is 1.42. The van der Waals surface area contributed by atoms with Gasteiger partial charge in [-0.05, 0) is 19.3 Å². The summed E-state index contributed by atoms with van der Waals surface area (Å²) in [4.78, 5) is 24.7. The number of unbranched alkanes of at least 4 members (excludes halogenated alkanes) is 11. The van der Waals surface area contributed by atoms with Crippen LogP contribution in [0, 0.1) is 0 Å². The van der Waals surface area contributed by atoms with E-state index >= 15 is 0 Å². The molecule has 0 atom stereocenters. The van der Waals surface area contributed by atoms with Gasteiger partial charge in [0, 0.05) is 26.4 Å². The summed E-state index contributed by atoms with van der Waals surface area (Å²) in [6, 6.07) is 0. The van der Waals surface area contributed by atoms with Crippen molar-refractivity contribution in [3.8, 4) is 0 Å². The van der Waals surface area contributed by atoms with E-state index < -0.39 is 0 Å². The number of amides is 1. The lowest BCUT2D eigenvalue weighted by molar-refractivity contribution is -0.140. The lowest BCUT2D eigenvalue weighted by atomic mass is 10.1. The van der Waals surface area contributed by atoms with Crippen molar-refractivity contribution in [3.63, 3.8) is 0 Å². The molecule has 0 bridgehead atoms. The predicted octanol–water partition coefficient (Wildman–Crippen LogP) is 5.49. The summed E-state index contributed by atoms with van der Waals surface area (Å²) < 4.78 is 4.63. The van der Waals surface area contributed by atoms with Crippen molar-refractivity contribution in [1.82, 2.24) is 4.90 Å². The average Bonchev–Trinajstić information content (AvgIpc) is 2.60. The maximum Gasteiger partial charge on any atom is 0.305 e. The maximum absolute atomic E-state index is 11.7. The summed E-state index contributed by atoms with van der Waals surface area (Å²) in [5.74, 6) is 0.0256. The lowest BCUT2D eigenvalue weighted by Crippen LogP contribution is -2.30. The van der Waals surface area contributed by atoms with Gasteiger partial charge in [-0.15, -0.1) is 0 Å². The van der Waals surface area contributed by atoms with Crippen molar-refractivity contribution in [1.29, 1.82) is 0 Å². The van der Waals surface area contributed by atoms with Crippen LogP contribution in [0.25, 0.3) is 0 Å². The van der Waals surface area contributed by atoms with Crippen LogP contribution in [0.3, 0.4) is 0 Å². The van der Waals surface area contributed by atoms with Gasteiger partial charge in [-0.3, -0.25) is 9.59 Å². The Balaban J connectivity index is 3.54. The fourth-order valence-corrected chi connectivity index (χ4v) is 3.07. The van der Waals surface area contributed by atoms with Crippen LogP contribution in [0.15, 0.2) is 0 Å². The molecule has 0 spiro atoms. The highest BCUT2D eigenvalue weighted by Crippen LogP contribution is 2.11. The molecule has 1 amide bonds. The van der Waals surface area contributed by atoms with Gasteiger partial charge in [-0.25, -0.2) is 0 Å². The first-order valence-electron chi connectivity index (χ1n) is 10.4. The van der Waals surface area contributed by atoms with Crippen LogP contribution in [0.2, 0.25) is 0 Å². The Bertz CT molecular complexity index is 331. The van der Waals surface area contributed by atoms with Crippen LogP contribution in [-0.4, -0.2) is 37.0 Å². The van der Waals surface area contributed by atoms with Crippen LogP contribution in [-0.2, 0) is 14.3 Å². The molecule has 0 aromatic heterocycles. The van der Waals surface area contributed by atoms with E-state index in [0.717, 1.165) is 38.8 Å². The third-order valence-electron chi connectivity index (χ3n) is 4.76. The monoisotopic (exact) mass is 355 g/mol. The van der Waals surface area contributed by atoms with E-state index in [1.54, 1.807) is 6.92 Å². The molecule has 0 unspecified atom stereocenters. The molecular formula is C21H41NO3. The van der Waals surface area contributed by atoms with Gasteiger partial charge in [0.1, 0.15) is 0 Å². The van der Waals surface area contributed by atoms with Crippen LogP contribution >= 0.6 is 0 Å². The number of rotatable bonds is 17. The standard InChI is InChI=1S/C21H41NO3/c1-4-5-6-7-8-9-10-11-12-15-18-22(20(2)23)19-16-13-14-17-21(24)25-3/h4-19H2,1-3H3. The maximum atomic E-state index is 11.7. The second-order valence-electron chi connectivity index (χ2n) is 7.07. The van der Waals surface area contributed by atoms with E-state index in [2.05, 4.69) is 11.7 Å². The van der Waals surface area contributed by atoms with Gasteiger partial charge in [0.25, 0.3) is 0 Å². The van der Waals surface area contributed by atoms with Crippen molar-refractivity contribution in [2.75, 3.05) is 20.2 Å². The molecule has 0 radical (unpaired) electrons. The molecule has 4 heteroatoms. The van der Waals surface area contributed by atoms with Gasteiger partial charge in [0.15, 0.2) is 0 Å². The topological polar surface area (TPSA) is 46.6 Å². The Labute approximate surface area is 155 Å². The molecule has 25 heavy (non-hydrogen) atoms. The van der Waals surface area contributed by atoms with Gasteiger partial charge in [0.05, 0.1) is 7.11 Å². The Morgan fingerprint density at radius 1 is 0.720 bits per heavy atom. The molecule has 0 heterocycles. The van der Waals surface area contributed by atoms with Crippen molar-refractivity contribution in [2.24, 2.45) is 0 Å². The third kappa shape index (κ3) is 16.2. The quantitative estimate of drug-likeness (QED) is 0.256. The molecule has 0 saturated carbocycles. The second-order valence-corrected chi connectivity index (χ2v) is 7.07. The summed E-state index contributed by atoms with van der Waals surface area (Å²) in [6.07, 6.45) is 16.4. The number of carbonyl (C=O) groups is 2. The molecule has 0 aliphatic carbocycles. The molecule has 0 aromatic carbocycles. The highest BCUT2D eigenvalue weighted by molar-refractivity contribution is 5.73. The number of methoxy groups -OCH3 is 1. The molecule has 0 rings (SSSR count). The minimum atomic E-state index is -0.145. The molecule has 0 N–H and O–H groups in total. The van der Waals surface area contributed by atoms with E-state index in [-0.39, 0.29) is 11.9 Å². The number of esters is 1.